The van der Waals surface area contributed by atoms with E-state index in [1.54, 1.807) is 0 Å². The summed E-state index contributed by atoms with van der Waals surface area (Å²) in [5.74, 6) is -1.78. The Labute approximate surface area is 105 Å². The summed E-state index contributed by atoms with van der Waals surface area (Å²) in [5, 5.41) is 0. The standard InChI is InChI=1S/C12H15FN2O3/c1-3-6-15(8-11(16)18-2)12(17)9-4-5-14-7-10(9)13/h4-5,7H,3,6,8H2,1-2H3. The Morgan fingerprint density at radius 3 is 2.78 bits per heavy atom. The third-order valence-electron chi connectivity index (χ3n) is 2.33. The number of rotatable bonds is 5. The molecule has 1 amide bonds. The van der Waals surface area contributed by atoms with Gasteiger partial charge in [0.2, 0.25) is 0 Å². The van der Waals surface area contributed by atoms with Crippen molar-refractivity contribution in [2.45, 2.75) is 13.3 Å². The minimum atomic E-state index is -0.700. The van der Waals surface area contributed by atoms with E-state index >= 15 is 0 Å². The molecule has 0 unspecified atom stereocenters. The maximum atomic E-state index is 13.4. The van der Waals surface area contributed by atoms with Crippen LogP contribution in [-0.2, 0) is 9.53 Å². The summed E-state index contributed by atoms with van der Waals surface area (Å²) >= 11 is 0. The van der Waals surface area contributed by atoms with Crippen molar-refractivity contribution >= 4 is 11.9 Å². The first-order valence-electron chi connectivity index (χ1n) is 5.55. The van der Waals surface area contributed by atoms with Gasteiger partial charge in [-0.05, 0) is 12.5 Å². The normalized spacial score (nSPS) is 9.94. The Balaban J connectivity index is 2.89. The topological polar surface area (TPSA) is 59.5 Å². The van der Waals surface area contributed by atoms with Crippen LogP contribution < -0.4 is 0 Å². The van der Waals surface area contributed by atoms with Gasteiger partial charge in [0.05, 0.1) is 18.9 Å². The molecule has 0 saturated carbocycles. The zero-order chi connectivity index (χ0) is 13.5. The van der Waals surface area contributed by atoms with Gasteiger partial charge in [-0.25, -0.2) is 4.39 Å². The van der Waals surface area contributed by atoms with Gasteiger partial charge in [0.1, 0.15) is 6.54 Å². The number of nitrogens with zero attached hydrogens (tertiary/aromatic N) is 2. The molecule has 18 heavy (non-hydrogen) atoms. The number of esters is 1. The molecule has 0 aromatic carbocycles. The Hall–Kier alpha value is -1.98. The first-order chi connectivity index (χ1) is 8.60. The van der Waals surface area contributed by atoms with Crippen molar-refractivity contribution in [1.29, 1.82) is 0 Å². The van der Waals surface area contributed by atoms with Crippen molar-refractivity contribution in [1.82, 2.24) is 9.88 Å². The number of carbonyl (C=O) groups excluding carboxylic acids is 2. The highest BCUT2D eigenvalue weighted by Gasteiger charge is 2.21. The van der Waals surface area contributed by atoms with Crippen molar-refractivity contribution in [2.24, 2.45) is 0 Å². The van der Waals surface area contributed by atoms with Crippen molar-refractivity contribution in [3.8, 4) is 0 Å². The molecule has 1 heterocycles. The van der Waals surface area contributed by atoms with Gasteiger partial charge in [0.25, 0.3) is 5.91 Å². The summed E-state index contributed by atoms with van der Waals surface area (Å²) < 4.78 is 17.9. The largest absolute Gasteiger partial charge is 0.468 e. The molecule has 0 bridgehead atoms. The van der Waals surface area contributed by atoms with Crippen LogP contribution in [0.5, 0.6) is 0 Å². The number of hydrogen-bond donors (Lipinski definition) is 0. The van der Waals surface area contributed by atoms with E-state index in [-0.39, 0.29) is 12.1 Å². The fourth-order valence-electron chi connectivity index (χ4n) is 1.46. The fourth-order valence-corrected chi connectivity index (χ4v) is 1.46. The Morgan fingerprint density at radius 1 is 1.50 bits per heavy atom. The molecule has 1 aromatic rings. The molecule has 0 aliphatic carbocycles. The summed E-state index contributed by atoms with van der Waals surface area (Å²) in [4.78, 5) is 28.1. The SMILES string of the molecule is CCCN(CC(=O)OC)C(=O)c1ccncc1F. The second-order valence-corrected chi connectivity index (χ2v) is 3.66. The number of halogens is 1. The molecule has 0 fully saturated rings. The Bertz CT molecular complexity index is 437. The average molecular weight is 254 g/mol. The smallest absolute Gasteiger partial charge is 0.325 e. The van der Waals surface area contributed by atoms with Crippen LogP contribution in [0.15, 0.2) is 18.5 Å². The van der Waals surface area contributed by atoms with Crippen molar-refractivity contribution in [3.05, 3.63) is 29.8 Å². The molecule has 0 aliphatic rings. The van der Waals surface area contributed by atoms with E-state index in [0.717, 1.165) is 6.20 Å². The lowest BCUT2D eigenvalue weighted by molar-refractivity contribution is -0.141. The molecule has 0 atom stereocenters. The highest BCUT2D eigenvalue weighted by molar-refractivity contribution is 5.96. The molecule has 98 valence electrons. The zero-order valence-electron chi connectivity index (χ0n) is 10.4. The van der Waals surface area contributed by atoms with Crippen molar-refractivity contribution in [2.75, 3.05) is 20.2 Å². The molecule has 6 heteroatoms. The van der Waals surface area contributed by atoms with E-state index in [2.05, 4.69) is 9.72 Å². The van der Waals surface area contributed by atoms with Gasteiger partial charge < -0.3 is 9.64 Å². The van der Waals surface area contributed by atoms with E-state index in [1.807, 2.05) is 6.92 Å². The van der Waals surface area contributed by atoms with Gasteiger partial charge in [0.15, 0.2) is 5.82 Å². The molecule has 0 radical (unpaired) electrons. The third-order valence-corrected chi connectivity index (χ3v) is 2.33. The number of aromatic nitrogens is 1. The zero-order valence-corrected chi connectivity index (χ0v) is 10.4. The molecule has 0 N–H and O–H groups in total. The second-order valence-electron chi connectivity index (χ2n) is 3.66. The number of hydrogen-bond acceptors (Lipinski definition) is 4. The molecule has 1 aromatic heterocycles. The minimum absolute atomic E-state index is 0.0950. The van der Waals surface area contributed by atoms with Crippen LogP contribution in [0.2, 0.25) is 0 Å². The molecular weight excluding hydrogens is 239 g/mol. The van der Waals surface area contributed by atoms with E-state index in [1.165, 1.54) is 24.3 Å². The number of methoxy groups -OCH3 is 1. The van der Waals surface area contributed by atoms with Gasteiger partial charge in [-0.3, -0.25) is 14.6 Å². The first-order valence-corrected chi connectivity index (χ1v) is 5.55. The predicted molar refractivity (Wildman–Crippen MR) is 62.4 cm³/mol. The Morgan fingerprint density at radius 2 is 2.22 bits per heavy atom. The molecule has 5 nitrogen and oxygen atoms in total. The maximum Gasteiger partial charge on any atom is 0.325 e. The summed E-state index contributed by atoms with van der Waals surface area (Å²) in [6.07, 6.45) is 2.96. The van der Waals surface area contributed by atoms with Gasteiger partial charge in [0, 0.05) is 12.7 Å². The van der Waals surface area contributed by atoms with Crippen LogP contribution in [0.4, 0.5) is 4.39 Å². The summed E-state index contributed by atoms with van der Waals surface area (Å²) in [6.45, 7) is 2.03. The van der Waals surface area contributed by atoms with E-state index < -0.39 is 17.7 Å². The maximum absolute atomic E-state index is 13.4. The van der Waals surface area contributed by atoms with E-state index in [4.69, 9.17) is 0 Å². The van der Waals surface area contributed by atoms with Crippen LogP contribution in [-0.4, -0.2) is 42.0 Å². The lowest BCUT2D eigenvalue weighted by Crippen LogP contribution is -2.37. The molecular formula is C12H15FN2O3. The third kappa shape index (κ3) is 3.51. The number of ether oxygens (including phenoxy) is 1. The summed E-state index contributed by atoms with van der Waals surface area (Å²) in [6, 6.07) is 1.29. The number of pyridine rings is 1. The van der Waals surface area contributed by atoms with Crippen molar-refractivity contribution < 1.29 is 18.7 Å². The van der Waals surface area contributed by atoms with Gasteiger partial charge >= 0.3 is 5.97 Å². The average Bonchev–Trinajstić information content (AvgIpc) is 2.38. The van der Waals surface area contributed by atoms with Gasteiger partial charge in [-0.15, -0.1) is 0 Å². The monoisotopic (exact) mass is 254 g/mol. The molecule has 0 saturated heterocycles. The highest BCUT2D eigenvalue weighted by atomic mass is 19.1. The van der Waals surface area contributed by atoms with Crippen molar-refractivity contribution in [3.63, 3.8) is 0 Å². The predicted octanol–water partition coefficient (Wildman–Crippen LogP) is 1.25. The molecule has 1 rings (SSSR count). The lowest BCUT2D eigenvalue weighted by Gasteiger charge is -2.20. The van der Waals surface area contributed by atoms with E-state index in [9.17, 15) is 14.0 Å². The Kier molecular flexibility index (Phi) is 5.23. The van der Waals surface area contributed by atoms with Crippen LogP contribution in [0.25, 0.3) is 0 Å². The first kappa shape index (κ1) is 14.1. The van der Waals surface area contributed by atoms with Crippen LogP contribution in [0, 0.1) is 5.82 Å². The summed E-state index contributed by atoms with van der Waals surface area (Å²) in [7, 11) is 1.24. The van der Waals surface area contributed by atoms with Crippen LogP contribution in [0.3, 0.4) is 0 Å². The highest BCUT2D eigenvalue weighted by Crippen LogP contribution is 2.09. The van der Waals surface area contributed by atoms with Crippen LogP contribution >= 0.6 is 0 Å². The van der Waals surface area contributed by atoms with Gasteiger partial charge in [-0.2, -0.15) is 0 Å². The van der Waals surface area contributed by atoms with E-state index in [0.29, 0.717) is 13.0 Å². The number of carbonyl (C=O) groups is 2. The molecule has 0 aliphatic heterocycles. The van der Waals surface area contributed by atoms with Crippen LogP contribution in [0.1, 0.15) is 23.7 Å². The number of amides is 1. The molecule has 0 spiro atoms. The van der Waals surface area contributed by atoms with Gasteiger partial charge in [-0.1, -0.05) is 6.92 Å². The summed E-state index contributed by atoms with van der Waals surface area (Å²) in [5.41, 5.74) is -0.0950. The fraction of sp³-hybridized carbons (Fsp3) is 0.417. The second kappa shape index (κ2) is 6.68. The quantitative estimate of drug-likeness (QED) is 0.742. The lowest BCUT2D eigenvalue weighted by atomic mass is 10.2. The minimum Gasteiger partial charge on any atom is -0.468 e.